The van der Waals surface area contributed by atoms with Gasteiger partial charge in [0.05, 0.1) is 0 Å². The predicted molar refractivity (Wildman–Crippen MR) is 45.6 cm³/mol. The molecule has 1 aliphatic carbocycles. The van der Waals surface area contributed by atoms with E-state index in [2.05, 4.69) is 10.2 Å². The van der Waals surface area contributed by atoms with Gasteiger partial charge in [0, 0.05) is 17.9 Å². The van der Waals surface area contributed by atoms with E-state index in [1.807, 2.05) is 0 Å². The quantitative estimate of drug-likeness (QED) is 0.555. The van der Waals surface area contributed by atoms with Crippen molar-refractivity contribution in [3.63, 3.8) is 0 Å². The van der Waals surface area contributed by atoms with Crippen molar-refractivity contribution in [3.05, 3.63) is 11.3 Å². The molecule has 0 fully saturated rings. The fourth-order valence-corrected chi connectivity index (χ4v) is 1.75. The minimum absolute atomic E-state index is 0.254. The number of nitrogens with two attached hydrogens (primary N) is 1. The molecule has 1 aromatic heterocycles. The number of H-pyrrole nitrogens is 1. The van der Waals surface area contributed by atoms with Crippen LogP contribution in [0.5, 0.6) is 0 Å². The Morgan fingerprint density at radius 3 is 3.25 bits per heavy atom. The Labute approximate surface area is 70.8 Å². The van der Waals surface area contributed by atoms with Gasteiger partial charge in [-0.15, -0.1) is 0 Å². The first kappa shape index (κ1) is 7.61. The number of anilines is 1. The van der Waals surface area contributed by atoms with Crippen molar-refractivity contribution in [2.75, 3.05) is 12.3 Å². The van der Waals surface area contributed by atoms with E-state index >= 15 is 0 Å². The van der Waals surface area contributed by atoms with Gasteiger partial charge in [-0.25, -0.2) is 0 Å². The minimum Gasteiger partial charge on any atom is -0.396 e. The van der Waals surface area contributed by atoms with Crippen molar-refractivity contribution >= 4 is 5.82 Å². The maximum absolute atomic E-state index is 8.97. The Morgan fingerprint density at radius 1 is 1.67 bits per heavy atom. The first-order valence-electron chi connectivity index (χ1n) is 4.23. The Balaban J connectivity index is 2.26. The highest BCUT2D eigenvalue weighted by molar-refractivity contribution is 5.43. The van der Waals surface area contributed by atoms with Crippen LogP contribution < -0.4 is 5.73 Å². The monoisotopic (exact) mass is 167 g/mol. The van der Waals surface area contributed by atoms with E-state index in [0.717, 1.165) is 30.5 Å². The summed E-state index contributed by atoms with van der Waals surface area (Å²) in [6.07, 6.45) is 2.87. The zero-order chi connectivity index (χ0) is 8.55. The molecule has 0 saturated carbocycles. The predicted octanol–water partition coefficient (Wildman–Crippen LogP) is 0.0891. The standard InChI is InChI=1S/C8H13N3O/c9-8-6-3-5(4-12)1-2-7(6)10-11-8/h5,12H,1-4H2,(H3,9,10,11). The summed E-state index contributed by atoms with van der Waals surface area (Å²) in [4.78, 5) is 0. The summed E-state index contributed by atoms with van der Waals surface area (Å²) >= 11 is 0. The Kier molecular flexibility index (Phi) is 1.77. The highest BCUT2D eigenvalue weighted by atomic mass is 16.3. The number of aromatic amines is 1. The van der Waals surface area contributed by atoms with Crippen LogP contribution in [0.4, 0.5) is 5.82 Å². The summed E-state index contributed by atoms with van der Waals surface area (Å²) in [5, 5.41) is 15.8. The molecule has 4 nitrogen and oxygen atoms in total. The third-order valence-corrected chi connectivity index (χ3v) is 2.54. The molecule has 1 heterocycles. The van der Waals surface area contributed by atoms with Crippen LogP contribution in [-0.4, -0.2) is 21.9 Å². The number of aromatic nitrogens is 2. The number of hydrogen-bond acceptors (Lipinski definition) is 3. The maximum atomic E-state index is 8.97. The number of aryl methyl sites for hydroxylation is 1. The van der Waals surface area contributed by atoms with Gasteiger partial charge in [0.25, 0.3) is 0 Å². The largest absolute Gasteiger partial charge is 0.396 e. The smallest absolute Gasteiger partial charge is 0.148 e. The maximum Gasteiger partial charge on any atom is 0.148 e. The van der Waals surface area contributed by atoms with Gasteiger partial charge in [-0.2, -0.15) is 5.10 Å². The molecule has 0 aliphatic heterocycles. The van der Waals surface area contributed by atoms with Gasteiger partial charge in [-0.05, 0) is 25.2 Å². The summed E-state index contributed by atoms with van der Waals surface area (Å²) in [6, 6.07) is 0. The lowest BCUT2D eigenvalue weighted by molar-refractivity contribution is 0.213. The van der Waals surface area contributed by atoms with Gasteiger partial charge >= 0.3 is 0 Å². The average molecular weight is 167 g/mol. The first-order valence-corrected chi connectivity index (χ1v) is 4.23. The van der Waals surface area contributed by atoms with Gasteiger partial charge < -0.3 is 10.8 Å². The van der Waals surface area contributed by atoms with E-state index < -0.39 is 0 Å². The second-order valence-corrected chi connectivity index (χ2v) is 3.36. The molecule has 0 aromatic carbocycles. The molecule has 0 bridgehead atoms. The molecular formula is C8H13N3O. The lowest BCUT2D eigenvalue weighted by Crippen LogP contribution is -2.17. The minimum atomic E-state index is 0.254. The fraction of sp³-hybridized carbons (Fsp3) is 0.625. The number of aliphatic hydroxyl groups excluding tert-OH is 1. The molecule has 1 aliphatic rings. The molecule has 0 amide bonds. The van der Waals surface area contributed by atoms with E-state index in [1.54, 1.807) is 0 Å². The van der Waals surface area contributed by atoms with Crippen molar-refractivity contribution in [3.8, 4) is 0 Å². The van der Waals surface area contributed by atoms with Gasteiger partial charge in [0.2, 0.25) is 0 Å². The van der Waals surface area contributed by atoms with E-state index in [4.69, 9.17) is 10.8 Å². The van der Waals surface area contributed by atoms with Crippen molar-refractivity contribution in [1.29, 1.82) is 0 Å². The van der Waals surface area contributed by atoms with Crippen molar-refractivity contribution in [1.82, 2.24) is 10.2 Å². The summed E-state index contributed by atoms with van der Waals surface area (Å²) in [5.41, 5.74) is 7.92. The number of rotatable bonds is 1. The fourth-order valence-electron chi connectivity index (χ4n) is 1.75. The van der Waals surface area contributed by atoms with Crippen LogP contribution in [0.2, 0.25) is 0 Å². The number of nitrogens with one attached hydrogen (secondary N) is 1. The van der Waals surface area contributed by atoms with E-state index in [9.17, 15) is 0 Å². The first-order chi connectivity index (χ1) is 5.81. The molecular weight excluding hydrogens is 154 g/mol. The second kappa shape index (κ2) is 2.79. The van der Waals surface area contributed by atoms with Crippen molar-refractivity contribution < 1.29 is 5.11 Å². The number of nitrogens with zero attached hydrogens (tertiary/aromatic N) is 1. The number of hydrogen-bond donors (Lipinski definition) is 3. The molecule has 66 valence electrons. The molecule has 1 aromatic rings. The third-order valence-electron chi connectivity index (χ3n) is 2.54. The van der Waals surface area contributed by atoms with Crippen LogP contribution in [0.25, 0.3) is 0 Å². The van der Waals surface area contributed by atoms with E-state index in [0.29, 0.717) is 11.7 Å². The normalized spacial score (nSPS) is 22.2. The number of nitrogen functional groups attached to an aromatic ring is 1. The van der Waals surface area contributed by atoms with Crippen LogP contribution >= 0.6 is 0 Å². The molecule has 0 saturated heterocycles. The summed E-state index contributed by atoms with van der Waals surface area (Å²) in [7, 11) is 0. The topological polar surface area (TPSA) is 74.9 Å². The SMILES string of the molecule is Nc1n[nH]c2c1CC(CO)CC2. The Bertz CT molecular complexity index is 282. The highest BCUT2D eigenvalue weighted by Gasteiger charge is 2.21. The van der Waals surface area contributed by atoms with Crippen LogP contribution in [-0.2, 0) is 12.8 Å². The Morgan fingerprint density at radius 2 is 2.50 bits per heavy atom. The summed E-state index contributed by atoms with van der Waals surface area (Å²) in [6.45, 7) is 0.254. The Hall–Kier alpha value is -1.03. The molecule has 4 heteroatoms. The highest BCUT2D eigenvalue weighted by Crippen LogP contribution is 2.26. The molecule has 2 rings (SSSR count). The summed E-state index contributed by atoms with van der Waals surface area (Å²) < 4.78 is 0. The molecule has 0 radical (unpaired) electrons. The molecule has 12 heavy (non-hydrogen) atoms. The second-order valence-electron chi connectivity index (χ2n) is 3.36. The van der Waals surface area contributed by atoms with Crippen LogP contribution in [0.3, 0.4) is 0 Å². The molecule has 0 spiro atoms. The number of fused-ring (bicyclic) bond motifs is 1. The van der Waals surface area contributed by atoms with Gasteiger partial charge in [0.15, 0.2) is 0 Å². The van der Waals surface area contributed by atoms with Crippen LogP contribution in [0, 0.1) is 5.92 Å². The zero-order valence-corrected chi connectivity index (χ0v) is 6.88. The van der Waals surface area contributed by atoms with Crippen molar-refractivity contribution in [2.24, 2.45) is 5.92 Å². The van der Waals surface area contributed by atoms with Crippen LogP contribution in [0.1, 0.15) is 17.7 Å². The summed E-state index contributed by atoms with van der Waals surface area (Å²) in [5.74, 6) is 0.973. The molecule has 1 atom stereocenters. The molecule has 1 unspecified atom stereocenters. The lowest BCUT2D eigenvalue weighted by atomic mass is 9.88. The average Bonchev–Trinajstić information content (AvgIpc) is 2.47. The van der Waals surface area contributed by atoms with E-state index in [-0.39, 0.29) is 6.61 Å². The van der Waals surface area contributed by atoms with Gasteiger partial charge in [-0.1, -0.05) is 0 Å². The zero-order valence-electron chi connectivity index (χ0n) is 6.88. The number of aliphatic hydroxyl groups is 1. The molecule has 4 N–H and O–H groups in total. The van der Waals surface area contributed by atoms with E-state index in [1.165, 1.54) is 0 Å². The third kappa shape index (κ3) is 1.08. The van der Waals surface area contributed by atoms with Crippen molar-refractivity contribution in [2.45, 2.75) is 19.3 Å². The lowest BCUT2D eigenvalue weighted by Gasteiger charge is -2.19. The van der Waals surface area contributed by atoms with Gasteiger partial charge in [-0.3, -0.25) is 5.10 Å². The van der Waals surface area contributed by atoms with Crippen LogP contribution in [0.15, 0.2) is 0 Å². The van der Waals surface area contributed by atoms with Gasteiger partial charge in [0.1, 0.15) is 5.82 Å².